The Hall–Kier alpha value is -2.89. The largest absolute Gasteiger partial charge is 0.481 e. The van der Waals surface area contributed by atoms with Crippen molar-refractivity contribution in [2.24, 2.45) is 5.92 Å². The van der Waals surface area contributed by atoms with E-state index in [2.05, 4.69) is 0 Å². The van der Waals surface area contributed by atoms with Crippen LogP contribution in [-0.4, -0.2) is 36.5 Å². The third-order valence-electron chi connectivity index (χ3n) is 3.98. The number of benzene rings is 2. The standard InChI is InChI=1S/C19H18FNO4/c20-16-8-4-5-9-17(16)24-13-18(22)21-10-15(11-21)19(23)25-12-14-6-2-1-3-7-14/h1-9,15H,10-13H2. The van der Waals surface area contributed by atoms with Gasteiger partial charge in [0.2, 0.25) is 0 Å². The molecule has 1 aliphatic rings. The van der Waals surface area contributed by atoms with Crippen LogP contribution in [0.15, 0.2) is 54.6 Å². The van der Waals surface area contributed by atoms with Gasteiger partial charge in [0.15, 0.2) is 18.2 Å². The summed E-state index contributed by atoms with van der Waals surface area (Å²) in [5.41, 5.74) is 0.918. The topological polar surface area (TPSA) is 55.8 Å². The number of nitrogens with zero attached hydrogens (tertiary/aromatic N) is 1. The smallest absolute Gasteiger partial charge is 0.312 e. The summed E-state index contributed by atoms with van der Waals surface area (Å²) >= 11 is 0. The lowest BCUT2D eigenvalue weighted by Crippen LogP contribution is -2.54. The first-order chi connectivity index (χ1) is 12.1. The van der Waals surface area contributed by atoms with Gasteiger partial charge in [-0.1, -0.05) is 42.5 Å². The van der Waals surface area contributed by atoms with E-state index in [1.807, 2.05) is 30.3 Å². The van der Waals surface area contributed by atoms with Crippen LogP contribution in [0.1, 0.15) is 5.56 Å². The van der Waals surface area contributed by atoms with Gasteiger partial charge in [-0.3, -0.25) is 9.59 Å². The molecule has 5 nitrogen and oxygen atoms in total. The van der Waals surface area contributed by atoms with Crippen LogP contribution >= 0.6 is 0 Å². The predicted molar refractivity (Wildman–Crippen MR) is 88.2 cm³/mol. The zero-order valence-electron chi connectivity index (χ0n) is 13.6. The van der Waals surface area contributed by atoms with Crippen molar-refractivity contribution in [1.29, 1.82) is 0 Å². The van der Waals surface area contributed by atoms with Crippen LogP contribution in [0.5, 0.6) is 5.75 Å². The molecule has 0 radical (unpaired) electrons. The predicted octanol–water partition coefficient (Wildman–Crippen LogP) is 2.41. The molecular weight excluding hydrogens is 325 g/mol. The quantitative estimate of drug-likeness (QED) is 0.756. The molecule has 1 saturated heterocycles. The summed E-state index contributed by atoms with van der Waals surface area (Å²) in [6, 6.07) is 15.3. The minimum atomic E-state index is -0.513. The fourth-order valence-corrected chi connectivity index (χ4v) is 2.47. The molecule has 3 rings (SSSR count). The zero-order valence-corrected chi connectivity index (χ0v) is 13.6. The molecule has 0 unspecified atom stereocenters. The maximum absolute atomic E-state index is 13.4. The summed E-state index contributed by atoms with van der Waals surface area (Å²) < 4.78 is 23.8. The van der Waals surface area contributed by atoms with Gasteiger partial charge < -0.3 is 14.4 Å². The molecule has 0 aliphatic carbocycles. The molecule has 0 aromatic heterocycles. The van der Waals surface area contributed by atoms with E-state index in [9.17, 15) is 14.0 Å². The molecule has 6 heteroatoms. The van der Waals surface area contributed by atoms with Crippen LogP contribution in [0.25, 0.3) is 0 Å². The molecule has 2 aromatic carbocycles. The number of hydrogen-bond acceptors (Lipinski definition) is 4. The molecule has 1 amide bonds. The molecule has 25 heavy (non-hydrogen) atoms. The van der Waals surface area contributed by atoms with E-state index in [0.29, 0.717) is 13.1 Å². The highest BCUT2D eigenvalue weighted by Gasteiger charge is 2.36. The number of likely N-dealkylation sites (tertiary alicyclic amines) is 1. The average Bonchev–Trinajstić information content (AvgIpc) is 2.59. The highest BCUT2D eigenvalue weighted by Crippen LogP contribution is 2.19. The van der Waals surface area contributed by atoms with Gasteiger partial charge in [0.25, 0.3) is 5.91 Å². The molecule has 0 N–H and O–H groups in total. The van der Waals surface area contributed by atoms with Crippen molar-refractivity contribution < 1.29 is 23.5 Å². The van der Waals surface area contributed by atoms with E-state index in [-0.39, 0.29) is 36.8 Å². The van der Waals surface area contributed by atoms with Crippen LogP contribution in [-0.2, 0) is 20.9 Å². The van der Waals surface area contributed by atoms with Crippen molar-refractivity contribution in [1.82, 2.24) is 4.90 Å². The van der Waals surface area contributed by atoms with Gasteiger partial charge in [0, 0.05) is 13.1 Å². The lowest BCUT2D eigenvalue weighted by atomic mass is 10.0. The van der Waals surface area contributed by atoms with Gasteiger partial charge in [-0.05, 0) is 17.7 Å². The Morgan fingerprint density at radius 3 is 2.44 bits per heavy atom. The minimum absolute atomic E-state index is 0.0372. The molecule has 0 saturated carbocycles. The van der Waals surface area contributed by atoms with Gasteiger partial charge in [-0.15, -0.1) is 0 Å². The van der Waals surface area contributed by atoms with E-state index in [0.717, 1.165) is 5.56 Å². The fraction of sp³-hybridized carbons (Fsp3) is 0.263. The molecule has 0 bridgehead atoms. The van der Waals surface area contributed by atoms with E-state index in [4.69, 9.17) is 9.47 Å². The van der Waals surface area contributed by atoms with Crippen LogP contribution in [0.2, 0.25) is 0 Å². The van der Waals surface area contributed by atoms with Gasteiger partial charge in [-0.2, -0.15) is 0 Å². The second-order valence-electron chi connectivity index (χ2n) is 5.81. The number of para-hydroxylation sites is 1. The number of halogens is 1. The highest BCUT2D eigenvalue weighted by atomic mass is 19.1. The monoisotopic (exact) mass is 343 g/mol. The zero-order chi connectivity index (χ0) is 17.6. The summed E-state index contributed by atoms with van der Waals surface area (Å²) in [5, 5.41) is 0. The summed E-state index contributed by atoms with van der Waals surface area (Å²) in [4.78, 5) is 25.4. The van der Waals surface area contributed by atoms with Crippen LogP contribution in [0.4, 0.5) is 4.39 Å². The highest BCUT2D eigenvalue weighted by molar-refractivity contribution is 5.82. The SMILES string of the molecule is O=C(OCc1ccccc1)C1CN(C(=O)COc2ccccc2F)C1. The van der Waals surface area contributed by atoms with E-state index < -0.39 is 5.82 Å². The summed E-state index contributed by atoms with van der Waals surface area (Å²) in [6.07, 6.45) is 0. The van der Waals surface area contributed by atoms with E-state index >= 15 is 0 Å². The third kappa shape index (κ3) is 4.35. The maximum atomic E-state index is 13.4. The van der Waals surface area contributed by atoms with Crippen molar-refractivity contribution >= 4 is 11.9 Å². The van der Waals surface area contributed by atoms with Gasteiger partial charge in [0.05, 0.1) is 5.92 Å². The third-order valence-corrected chi connectivity index (χ3v) is 3.98. The second-order valence-corrected chi connectivity index (χ2v) is 5.81. The van der Waals surface area contributed by atoms with Gasteiger partial charge in [0.1, 0.15) is 6.61 Å². The lowest BCUT2D eigenvalue weighted by Gasteiger charge is -2.37. The van der Waals surface area contributed by atoms with Crippen molar-refractivity contribution in [3.05, 3.63) is 66.0 Å². The first-order valence-corrected chi connectivity index (χ1v) is 7.99. The summed E-state index contributed by atoms with van der Waals surface area (Å²) in [7, 11) is 0. The molecule has 1 heterocycles. The van der Waals surface area contributed by atoms with E-state index in [1.165, 1.54) is 17.0 Å². The maximum Gasteiger partial charge on any atom is 0.312 e. The number of esters is 1. The number of amides is 1. The summed E-state index contributed by atoms with van der Waals surface area (Å²) in [5.74, 6) is -1.39. The molecule has 130 valence electrons. The number of rotatable bonds is 6. The Labute approximate surface area is 145 Å². The van der Waals surface area contributed by atoms with Crippen LogP contribution in [0, 0.1) is 11.7 Å². The average molecular weight is 343 g/mol. The number of carbonyl (C=O) groups is 2. The Kier molecular flexibility index (Phi) is 5.28. The van der Waals surface area contributed by atoms with Gasteiger partial charge >= 0.3 is 5.97 Å². The minimum Gasteiger partial charge on any atom is -0.481 e. The molecule has 1 fully saturated rings. The fourth-order valence-electron chi connectivity index (χ4n) is 2.47. The summed E-state index contributed by atoms with van der Waals surface area (Å²) in [6.45, 7) is 0.563. The van der Waals surface area contributed by atoms with Crippen molar-refractivity contribution in [3.63, 3.8) is 0 Å². The first kappa shape index (κ1) is 17.0. The van der Waals surface area contributed by atoms with Crippen molar-refractivity contribution in [3.8, 4) is 5.75 Å². The van der Waals surface area contributed by atoms with E-state index in [1.54, 1.807) is 12.1 Å². The number of ether oxygens (including phenoxy) is 2. The Morgan fingerprint density at radius 1 is 1.04 bits per heavy atom. The number of hydrogen-bond donors (Lipinski definition) is 0. The Morgan fingerprint density at radius 2 is 1.72 bits per heavy atom. The van der Waals surface area contributed by atoms with Crippen molar-refractivity contribution in [2.75, 3.05) is 19.7 Å². The molecular formula is C19H18FNO4. The molecule has 1 aliphatic heterocycles. The first-order valence-electron chi connectivity index (χ1n) is 7.99. The lowest BCUT2D eigenvalue weighted by molar-refractivity contribution is -0.159. The Bertz CT molecular complexity index is 744. The second kappa shape index (κ2) is 7.79. The Balaban J connectivity index is 1.39. The molecule has 2 aromatic rings. The van der Waals surface area contributed by atoms with Crippen molar-refractivity contribution in [2.45, 2.75) is 6.61 Å². The molecule has 0 atom stereocenters. The van der Waals surface area contributed by atoms with Crippen LogP contribution < -0.4 is 4.74 Å². The van der Waals surface area contributed by atoms with Gasteiger partial charge in [-0.25, -0.2) is 4.39 Å². The van der Waals surface area contributed by atoms with Crippen LogP contribution in [0.3, 0.4) is 0 Å². The number of carbonyl (C=O) groups excluding carboxylic acids is 2. The normalized spacial score (nSPS) is 13.9. The molecule has 0 spiro atoms.